The Morgan fingerprint density at radius 3 is 2.44 bits per heavy atom. The lowest BCUT2D eigenvalue weighted by Crippen LogP contribution is -2.45. The molecule has 9 nitrogen and oxygen atoms in total. The fourth-order valence-electron chi connectivity index (χ4n) is 2.54. The molecule has 2 aromatic rings. The predicted octanol–water partition coefficient (Wildman–Crippen LogP) is 2.12. The Labute approximate surface area is 149 Å². The zero-order valence-electron chi connectivity index (χ0n) is 13.6. The molecule has 0 unspecified atom stereocenters. The molecule has 0 spiro atoms. The first-order valence-corrected chi connectivity index (χ1v) is 8.10. The Hall–Kier alpha value is -2.65. The van der Waals surface area contributed by atoms with Crippen LogP contribution < -0.4 is 16.0 Å². The van der Waals surface area contributed by atoms with Crippen LogP contribution >= 0.6 is 11.6 Å². The Morgan fingerprint density at radius 1 is 1.20 bits per heavy atom. The van der Waals surface area contributed by atoms with E-state index in [1.54, 1.807) is 24.3 Å². The monoisotopic (exact) mass is 363 g/mol. The number of piperazine rings is 1. The van der Waals surface area contributed by atoms with Crippen molar-refractivity contribution in [3.05, 3.63) is 39.4 Å². The third-order valence-electron chi connectivity index (χ3n) is 3.97. The second kappa shape index (κ2) is 7.08. The van der Waals surface area contributed by atoms with Gasteiger partial charge in [-0.05, 0) is 31.3 Å². The lowest BCUT2D eigenvalue weighted by molar-refractivity contribution is -0.383. The molecule has 10 heteroatoms. The van der Waals surface area contributed by atoms with Crippen molar-refractivity contribution in [1.82, 2.24) is 14.9 Å². The second-order valence-electron chi connectivity index (χ2n) is 5.79. The van der Waals surface area contributed by atoms with E-state index in [1.165, 1.54) is 0 Å². The van der Waals surface area contributed by atoms with Gasteiger partial charge < -0.3 is 20.9 Å². The summed E-state index contributed by atoms with van der Waals surface area (Å²) >= 11 is 5.87. The van der Waals surface area contributed by atoms with Gasteiger partial charge in [-0.1, -0.05) is 11.6 Å². The maximum absolute atomic E-state index is 11.4. The SMILES string of the molecule is CN1CCN(c2nc(N)c([N+](=O)[O-])c(Nc3ccc(Cl)cc3)n2)CC1. The first-order chi connectivity index (χ1) is 11.9. The number of aromatic nitrogens is 2. The third-order valence-corrected chi connectivity index (χ3v) is 4.23. The van der Waals surface area contributed by atoms with Crippen molar-refractivity contribution in [2.24, 2.45) is 0 Å². The molecule has 1 aromatic carbocycles. The lowest BCUT2D eigenvalue weighted by Gasteiger charge is -2.32. The third kappa shape index (κ3) is 3.89. The van der Waals surface area contributed by atoms with Crippen LogP contribution in [0.3, 0.4) is 0 Å². The summed E-state index contributed by atoms with van der Waals surface area (Å²) in [5.74, 6) is 0.284. The van der Waals surface area contributed by atoms with Crippen LogP contribution in [0, 0.1) is 10.1 Å². The van der Waals surface area contributed by atoms with Crippen LogP contribution in [0.4, 0.5) is 29.0 Å². The van der Waals surface area contributed by atoms with Crippen molar-refractivity contribution in [2.75, 3.05) is 49.2 Å². The summed E-state index contributed by atoms with van der Waals surface area (Å²) in [5.41, 5.74) is 6.12. The van der Waals surface area contributed by atoms with Crippen molar-refractivity contribution in [1.29, 1.82) is 0 Å². The standard InChI is InChI=1S/C15H18ClN7O2/c1-21-6-8-22(9-7-21)15-19-13(17)12(23(24)25)14(20-15)18-11-4-2-10(16)3-5-11/h2-5H,6-9H2,1H3,(H3,17,18,19,20). The number of hydrogen-bond acceptors (Lipinski definition) is 8. The quantitative estimate of drug-likeness (QED) is 0.627. The van der Waals surface area contributed by atoms with Crippen molar-refractivity contribution >= 4 is 40.6 Å². The van der Waals surface area contributed by atoms with Gasteiger partial charge >= 0.3 is 5.69 Å². The number of nitro groups is 1. The van der Waals surface area contributed by atoms with E-state index >= 15 is 0 Å². The highest BCUT2D eigenvalue weighted by Crippen LogP contribution is 2.32. The van der Waals surface area contributed by atoms with Crippen LogP contribution in [-0.4, -0.2) is 53.0 Å². The average molecular weight is 364 g/mol. The molecule has 0 amide bonds. The molecule has 3 N–H and O–H groups in total. The summed E-state index contributed by atoms with van der Waals surface area (Å²) in [7, 11) is 2.04. The average Bonchev–Trinajstić information content (AvgIpc) is 2.57. The molecule has 0 atom stereocenters. The molecular formula is C15H18ClN7O2. The number of nitrogens with two attached hydrogens (primary N) is 1. The van der Waals surface area contributed by atoms with Gasteiger partial charge in [0, 0.05) is 36.9 Å². The Balaban J connectivity index is 1.95. The molecule has 0 radical (unpaired) electrons. The van der Waals surface area contributed by atoms with Crippen LogP contribution in [0.5, 0.6) is 0 Å². The molecule has 1 aliphatic heterocycles. The van der Waals surface area contributed by atoms with Crippen molar-refractivity contribution in [3.8, 4) is 0 Å². The van der Waals surface area contributed by atoms with Gasteiger partial charge in [-0.15, -0.1) is 0 Å². The van der Waals surface area contributed by atoms with E-state index in [-0.39, 0.29) is 17.3 Å². The van der Waals surface area contributed by atoms with E-state index in [4.69, 9.17) is 17.3 Å². The number of hydrogen-bond donors (Lipinski definition) is 2. The van der Waals surface area contributed by atoms with E-state index in [1.807, 2.05) is 11.9 Å². The zero-order chi connectivity index (χ0) is 18.0. The highest BCUT2D eigenvalue weighted by molar-refractivity contribution is 6.30. The number of nitrogens with zero attached hydrogens (tertiary/aromatic N) is 5. The minimum absolute atomic E-state index is 0.0637. The van der Waals surface area contributed by atoms with E-state index in [0.717, 1.165) is 26.2 Å². The highest BCUT2D eigenvalue weighted by Gasteiger charge is 2.26. The van der Waals surface area contributed by atoms with E-state index in [9.17, 15) is 10.1 Å². The zero-order valence-corrected chi connectivity index (χ0v) is 14.4. The van der Waals surface area contributed by atoms with Crippen LogP contribution in [0.1, 0.15) is 0 Å². The molecule has 0 aliphatic carbocycles. The number of benzene rings is 1. The molecule has 0 bridgehead atoms. The number of halogens is 1. The smallest absolute Gasteiger partial charge is 0.353 e. The predicted molar refractivity (Wildman–Crippen MR) is 97.5 cm³/mol. The fraction of sp³-hybridized carbons (Fsp3) is 0.333. The van der Waals surface area contributed by atoms with E-state index in [2.05, 4.69) is 20.2 Å². The van der Waals surface area contributed by atoms with E-state index in [0.29, 0.717) is 16.7 Å². The maximum Gasteiger partial charge on any atom is 0.353 e. The molecule has 1 fully saturated rings. The fourth-order valence-corrected chi connectivity index (χ4v) is 2.67. The molecule has 1 aliphatic rings. The molecule has 3 rings (SSSR count). The number of anilines is 4. The molecule has 0 saturated carbocycles. The number of rotatable bonds is 4. The van der Waals surface area contributed by atoms with Crippen molar-refractivity contribution < 1.29 is 4.92 Å². The van der Waals surface area contributed by atoms with Crippen LogP contribution in [0.25, 0.3) is 0 Å². The first-order valence-electron chi connectivity index (χ1n) is 7.72. The Morgan fingerprint density at radius 2 is 1.84 bits per heavy atom. The molecule has 1 saturated heterocycles. The van der Waals surface area contributed by atoms with Gasteiger partial charge in [-0.25, -0.2) is 0 Å². The summed E-state index contributed by atoms with van der Waals surface area (Å²) in [4.78, 5) is 23.4. The summed E-state index contributed by atoms with van der Waals surface area (Å²) in [6.07, 6.45) is 0. The van der Waals surface area contributed by atoms with Crippen LogP contribution in [0.15, 0.2) is 24.3 Å². The Bertz CT molecular complexity index is 776. The van der Waals surface area contributed by atoms with Gasteiger partial charge in [0.05, 0.1) is 4.92 Å². The number of likely N-dealkylation sites (N-methyl/N-ethyl adjacent to an activating group) is 1. The van der Waals surface area contributed by atoms with E-state index < -0.39 is 4.92 Å². The minimum atomic E-state index is -0.582. The van der Waals surface area contributed by atoms with Gasteiger partial charge in [0.15, 0.2) is 0 Å². The second-order valence-corrected chi connectivity index (χ2v) is 6.22. The number of nitrogens with one attached hydrogen (secondary N) is 1. The van der Waals surface area contributed by atoms with Gasteiger partial charge in [0.25, 0.3) is 0 Å². The van der Waals surface area contributed by atoms with Crippen molar-refractivity contribution in [2.45, 2.75) is 0 Å². The van der Waals surface area contributed by atoms with Crippen molar-refractivity contribution in [3.63, 3.8) is 0 Å². The molecule has 132 valence electrons. The summed E-state index contributed by atoms with van der Waals surface area (Å²) in [6, 6.07) is 6.78. The maximum atomic E-state index is 11.4. The highest BCUT2D eigenvalue weighted by atomic mass is 35.5. The summed E-state index contributed by atoms with van der Waals surface area (Å²) < 4.78 is 0. The van der Waals surface area contributed by atoms with Gasteiger partial charge in [-0.2, -0.15) is 9.97 Å². The largest absolute Gasteiger partial charge is 0.378 e. The summed E-state index contributed by atoms with van der Waals surface area (Å²) in [5, 5.41) is 14.9. The summed E-state index contributed by atoms with van der Waals surface area (Å²) in [6.45, 7) is 3.18. The van der Waals surface area contributed by atoms with Gasteiger partial charge in [0.2, 0.25) is 17.6 Å². The Kier molecular flexibility index (Phi) is 4.86. The minimum Gasteiger partial charge on any atom is -0.378 e. The van der Waals surface area contributed by atoms with Crippen LogP contribution in [-0.2, 0) is 0 Å². The van der Waals surface area contributed by atoms with Gasteiger partial charge in [0.1, 0.15) is 0 Å². The molecule has 1 aromatic heterocycles. The molecular weight excluding hydrogens is 346 g/mol. The normalized spacial score (nSPS) is 15.2. The topological polar surface area (TPSA) is 113 Å². The first kappa shape index (κ1) is 17.2. The number of nitrogen functional groups attached to an aromatic ring is 1. The lowest BCUT2D eigenvalue weighted by atomic mass is 10.3. The van der Waals surface area contributed by atoms with Crippen LogP contribution in [0.2, 0.25) is 5.02 Å². The molecule has 25 heavy (non-hydrogen) atoms. The molecule has 2 heterocycles. The van der Waals surface area contributed by atoms with Gasteiger partial charge in [-0.3, -0.25) is 10.1 Å².